The third-order valence-electron chi connectivity index (χ3n) is 5.06. The molecule has 0 saturated carbocycles. The van der Waals surface area contributed by atoms with Crippen LogP contribution in [-0.2, 0) is 0 Å². The molecule has 29 heavy (non-hydrogen) atoms. The van der Waals surface area contributed by atoms with E-state index < -0.39 is 0 Å². The molecule has 0 fully saturated rings. The van der Waals surface area contributed by atoms with Gasteiger partial charge in [-0.15, -0.1) is 0 Å². The fourth-order valence-corrected chi connectivity index (χ4v) is 3.35. The van der Waals surface area contributed by atoms with E-state index in [0.717, 1.165) is 31.7 Å². The molecule has 0 atom stereocenters. The summed E-state index contributed by atoms with van der Waals surface area (Å²) in [6, 6.07) is 8.28. The lowest BCUT2D eigenvalue weighted by Gasteiger charge is -2.19. The summed E-state index contributed by atoms with van der Waals surface area (Å²) in [5.41, 5.74) is 1.54. The zero-order chi connectivity index (χ0) is 21.0. The van der Waals surface area contributed by atoms with E-state index in [1.54, 1.807) is 24.4 Å². The summed E-state index contributed by atoms with van der Waals surface area (Å²) in [6.07, 6.45) is 3.26. The molecule has 1 N–H and O–H groups in total. The summed E-state index contributed by atoms with van der Waals surface area (Å²) in [5, 5.41) is 2.79. The normalized spacial score (nSPS) is 12.9. The molecule has 0 radical (unpaired) electrons. The van der Waals surface area contributed by atoms with E-state index in [2.05, 4.69) is 29.0 Å². The number of unbranched alkanes of at least 4 members (excludes halogenated alkanes) is 1. The second-order valence-electron chi connectivity index (χ2n) is 6.91. The van der Waals surface area contributed by atoms with Crippen LogP contribution in [0, 0.1) is 0 Å². The number of nitrogens with zero attached hydrogens (tertiary/aromatic N) is 3. The van der Waals surface area contributed by atoms with Gasteiger partial charge < -0.3 is 10.2 Å². The third kappa shape index (κ3) is 4.13. The van der Waals surface area contributed by atoms with Crippen LogP contribution in [0.25, 0.3) is 0 Å². The van der Waals surface area contributed by atoms with Gasteiger partial charge in [0.25, 0.3) is 17.7 Å². The lowest BCUT2D eigenvalue weighted by molar-refractivity contribution is 0.0652. The second-order valence-corrected chi connectivity index (χ2v) is 6.91. The Morgan fingerprint density at radius 1 is 1.03 bits per heavy atom. The minimum Gasteiger partial charge on any atom is -0.357 e. The molecule has 0 saturated heterocycles. The van der Waals surface area contributed by atoms with Gasteiger partial charge in [-0.25, -0.2) is 4.98 Å². The zero-order valence-electron chi connectivity index (χ0n) is 17.1. The number of carbonyl (C=O) groups is 3. The third-order valence-corrected chi connectivity index (χ3v) is 5.06. The SMILES string of the molecule is CCCCN1C(=O)c2ccc(C(=O)Nc3ccc(N(CC)CC)nc3)cc2C1=O. The highest BCUT2D eigenvalue weighted by Gasteiger charge is 2.35. The molecular weight excluding hydrogens is 368 g/mol. The lowest BCUT2D eigenvalue weighted by Crippen LogP contribution is -2.30. The summed E-state index contributed by atoms with van der Waals surface area (Å²) in [5.74, 6) is -0.126. The average Bonchev–Trinajstić information content (AvgIpc) is 2.98. The topological polar surface area (TPSA) is 82.6 Å². The summed E-state index contributed by atoms with van der Waals surface area (Å²) in [4.78, 5) is 45.4. The van der Waals surface area contributed by atoms with Gasteiger partial charge in [-0.1, -0.05) is 13.3 Å². The van der Waals surface area contributed by atoms with Crippen LogP contribution in [0.2, 0.25) is 0 Å². The standard InChI is InChI=1S/C22H26N4O3/c1-4-7-12-26-21(28)17-10-8-15(13-18(17)22(26)29)20(27)24-16-9-11-19(23-14-16)25(5-2)6-3/h8-11,13-14H,4-7,12H2,1-3H3,(H,24,27). The first-order valence-corrected chi connectivity index (χ1v) is 10.0. The second kappa shape index (κ2) is 8.86. The summed E-state index contributed by atoms with van der Waals surface area (Å²) >= 11 is 0. The molecule has 152 valence electrons. The molecule has 0 aliphatic carbocycles. The van der Waals surface area contributed by atoms with Crippen molar-refractivity contribution in [2.45, 2.75) is 33.6 Å². The zero-order valence-corrected chi connectivity index (χ0v) is 17.1. The Morgan fingerprint density at radius 3 is 2.38 bits per heavy atom. The molecule has 0 spiro atoms. The van der Waals surface area contributed by atoms with Crippen molar-refractivity contribution in [2.24, 2.45) is 0 Å². The van der Waals surface area contributed by atoms with Crippen molar-refractivity contribution in [3.05, 3.63) is 53.2 Å². The number of aromatic nitrogens is 1. The molecule has 7 heteroatoms. The fourth-order valence-electron chi connectivity index (χ4n) is 3.35. The summed E-state index contributed by atoms with van der Waals surface area (Å²) in [7, 11) is 0. The maximum absolute atomic E-state index is 12.6. The number of rotatable bonds is 8. The molecule has 0 unspecified atom stereocenters. The quantitative estimate of drug-likeness (QED) is 0.692. The van der Waals surface area contributed by atoms with Crippen LogP contribution in [0.4, 0.5) is 11.5 Å². The molecule has 1 aliphatic heterocycles. The first-order valence-electron chi connectivity index (χ1n) is 10.0. The maximum atomic E-state index is 12.6. The van der Waals surface area contributed by atoms with E-state index in [1.807, 2.05) is 13.0 Å². The van der Waals surface area contributed by atoms with E-state index in [4.69, 9.17) is 0 Å². The van der Waals surface area contributed by atoms with Gasteiger partial charge in [0.1, 0.15) is 5.82 Å². The van der Waals surface area contributed by atoms with Crippen molar-refractivity contribution in [1.29, 1.82) is 0 Å². The molecule has 3 rings (SSSR count). The number of anilines is 2. The number of benzene rings is 1. The summed E-state index contributed by atoms with van der Waals surface area (Å²) in [6.45, 7) is 8.23. The molecule has 1 aromatic carbocycles. The number of hydrogen-bond donors (Lipinski definition) is 1. The van der Waals surface area contributed by atoms with E-state index in [-0.39, 0.29) is 23.3 Å². The van der Waals surface area contributed by atoms with Gasteiger partial charge in [0, 0.05) is 25.2 Å². The smallest absolute Gasteiger partial charge is 0.261 e. The molecule has 1 aromatic heterocycles. The number of hydrogen-bond acceptors (Lipinski definition) is 5. The highest BCUT2D eigenvalue weighted by molar-refractivity contribution is 6.22. The van der Waals surface area contributed by atoms with Gasteiger partial charge >= 0.3 is 0 Å². The molecule has 7 nitrogen and oxygen atoms in total. The highest BCUT2D eigenvalue weighted by atomic mass is 16.2. The van der Waals surface area contributed by atoms with Crippen LogP contribution >= 0.6 is 0 Å². The van der Waals surface area contributed by atoms with Gasteiger partial charge in [-0.05, 0) is 50.6 Å². The number of amides is 3. The lowest BCUT2D eigenvalue weighted by atomic mass is 10.1. The Hall–Kier alpha value is -3.22. The molecule has 1 aliphatic rings. The predicted molar refractivity (Wildman–Crippen MR) is 112 cm³/mol. The Kier molecular flexibility index (Phi) is 6.26. The van der Waals surface area contributed by atoms with Crippen LogP contribution < -0.4 is 10.2 Å². The number of carbonyl (C=O) groups excluding carboxylic acids is 3. The Balaban J connectivity index is 1.74. The van der Waals surface area contributed by atoms with Crippen molar-refractivity contribution in [3.8, 4) is 0 Å². The number of pyridine rings is 1. The van der Waals surface area contributed by atoms with Crippen LogP contribution in [0.3, 0.4) is 0 Å². The molecule has 2 heterocycles. The monoisotopic (exact) mass is 394 g/mol. The maximum Gasteiger partial charge on any atom is 0.261 e. The van der Waals surface area contributed by atoms with Crippen molar-refractivity contribution in [1.82, 2.24) is 9.88 Å². The van der Waals surface area contributed by atoms with Gasteiger partial charge in [-0.2, -0.15) is 0 Å². The first-order chi connectivity index (χ1) is 14.0. The van der Waals surface area contributed by atoms with Crippen molar-refractivity contribution < 1.29 is 14.4 Å². The summed E-state index contributed by atoms with van der Waals surface area (Å²) < 4.78 is 0. The minimum atomic E-state index is -0.350. The van der Waals surface area contributed by atoms with Crippen molar-refractivity contribution in [2.75, 3.05) is 29.9 Å². The van der Waals surface area contributed by atoms with Gasteiger partial charge in [0.05, 0.1) is 23.0 Å². The number of imide groups is 1. The van der Waals surface area contributed by atoms with E-state index in [9.17, 15) is 14.4 Å². The first kappa shape index (κ1) is 20.5. The van der Waals surface area contributed by atoms with Crippen LogP contribution in [0.1, 0.15) is 64.7 Å². The average molecular weight is 394 g/mol. The minimum absolute atomic E-state index is 0.286. The molecule has 2 aromatic rings. The van der Waals surface area contributed by atoms with E-state index >= 15 is 0 Å². The van der Waals surface area contributed by atoms with Crippen molar-refractivity contribution in [3.63, 3.8) is 0 Å². The highest BCUT2D eigenvalue weighted by Crippen LogP contribution is 2.25. The Bertz CT molecular complexity index is 920. The van der Waals surface area contributed by atoms with Crippen LogP contribution in [0.15, 0.2) is 36.5 Å². The number of nitrogens with one attached hydrogen (secondary N) is 1. The van der Waals surface area contributed by atoms with Crippen LogP contribution in [0.5, 0.6) is 0 Å². The predicted octanol–water partition coefficient (Wildman–Crippen LogP) is 3.58. The fraction of sp³-hybridized carbons (Fsp3) is 0.364. The van der Waals surface area contributed by atoms with Gasteiger partial charge in [0.15, 0.2) is 0 Å². The van der Waals surface area contributed by atoms with Gasteiger partial charge in [0.2, 0.25) is 0 Å². The Labute approximate surface area is 170 Å². The molecule has 3 amide bonds. The van der Waals surface area contributed by atoms with Crippen molar-refractivity contribution >= 4 is 29.2 Å². The van der Waals surface area contributed by atoms with Gasteiger partial charge in [-0.3, -0.25) is 19.3 Å². The largest absolute Gasteiger partial charge is 0.357 e. The van der Waals surface area contributed by atoms with E-state index in [0.29, 0.717) is 23.4 Å². The van der Waals surface area contributed by atoms with Crippen LogP contribution in [-0.4, -0.2) is 47.2 Å². The Morgan fingerprint density at radius 2 is 1.76 bits per heavy atom. The number of fused-ring (bicyclic) bond motifs is 1. The van der Waals surface area contributed by atoms with E-state index in [1.165, 1.54) is 11.0 Å². The molecular formula is C22H26N4O3. The molecule has 0 bridgehead atoms.